The molecule has 0 saturated carbocycles. The first kappa shape index (κ1) is 32.4. The highest BCUT2D eigenvalue weighted by atomic mass is 16.5. The Kier molecular flexibility index (Phi) is 14.5. The fraction of sp³-hybridized carbons (Fsp3) is 0.462. The van der Waals surface area contributed by atoms with Crippen molar-refractivity contribution in [3.8, 4) is 16.9 Å². The minimum Gasteiger partial charge on any atom is -0.423 e. The number of fused-ring (bicyclic) bond motifs is 3. The van der Waals surface area contributed by atoms with E-state index in [0.717, 1.165) is 6.42 Å². The molecule has 0 aromatic heterocycles. The maximum Gasteiger partial charge on any atom is 0.338 e. The van der Waals surface area contributed by atoms with Crippen LogP contribution in [0.3, 0.4) is 0 Å². The summed E-state index contributed by atoms with van der Waals surface area (Å²) in [6, 6.07) is 22.9. The standard InChI is InChI=1S/C29H42.C10H10O2/c1-3-5-7-9-11-13-17-24-21-22-28-27-20-16-15-18-25(27)23-29(28)26(24)19-14-12-10-8-6-4-2;1-8(2)10(11)12-9-6-4-3-5-7-9/h15-16,18,20-22H,3-14,17,19,23H2,1-2H3;3-7H,1H2,2H3. The summed E-state index contributed by atoms with van der Waals surface area (Å²) >= 11 is 0. The molecule has 220 valence electrons. The number of aryl methyl sites for hydroxylation is 1. The van der Waals surface area contributed by atoms with Crippen LogP contribution in [0.25, 0.3) is 11.1 Å². The summed E-state index contributed by atoms with van der Waals surface area (Å²) < 4.78 is 4.94. The molecule has 3 aromatic rings. The number of carbonyl (C=O) groups excluding carboxylic acids is 1. The van der Waals surface area contributed by atoms with Crippen molar-refractivity contribution >= 4 is 5.97 Å². The Morgan fingerprint density at radius 3 is 1.93 bits per heavy atom. The molecule has 0 N–H and O–H groups in total. The van der Waals surface area contributed by atoms with Crippen molar-refractivity contribution < 1.29 is 9.53 Å². The van der Waals surface area contributed by atoms with Gasteiger partial charge in [-0.05, 0) is 84.5 Å². The zero-order valence-corrected chi connectivity index (χ0v) is 26.0. The first-order valence-corrected chi connectivity index (χ1v) is 16.2. The maximum absolute atomic E-state index is 11.0. The Morgan fingerprint density at radius 2 is 1.27 bits per heavy atom. The minimum absolute atomic E-state index is 0.388. The van der Waals surface area contributed by atoms with Gasteiger partial charge in [-0.15, -0.1) is 0 Å². The quantitative estimate of drug-likeness (QED) is 0.0598. The first-order chi connectivity index (χ1) is 20.0. The van der Waals surface area contributed by atoms with Crippen LogP contribution in [0.5, 0.6) is 5.75 Å². The number of unbranched alkanes of at least 4 members (excludes halogenated alkanes) is 10. The normalized spacial score (nSPS) is 11.3. The van der Waals surface area contributed by atoms with Crippen LogP contribution in [0, 0.1) is 0 Å². The molecule has 3 aromatic carbocycles. The molecule has 0 unspecified atom stereocenters. The number of carbonyl (C=O) groups is 1. The number of ether oxygens (including phenoxy) is 1. The van der Waals surface area contributed by atoms with Crippen molar-refractivity contribution in [3.05, 3.63) is 101 Å². The van der Waals surface area contributed by atoms with Crippen LogP contribution in [-0.4, -0.2) is 5.97 Å². The highest BCUT2D eigenvalue weighted by molar-refractivity contribution is 5.88. The van der Waals surface area contributed by atoms with Crippen molar-refractivity contribution in [1.29, 1.82) is 0 Å². The molecule has 1 aliphatic rings. The van der Waals surface area contributed by atoms with E-state index >= 15 is 0 Å². The second-order valence-electron chi connectivity index (χ2n) is 11.6. The van der Waals surface area contributed by atoms with E-state index in [2.05, 4.69) is 56.8 Å². The van der Waals surface area contributed by atoms with E-state index in [0.29, 0.717) is 11.3 Å². The van der Waals surface area contributed by atoms with Crippen molar-refractivity contribution in [2.24, 2.45) is 0 Å². The Hall–Kier alpha value is -3.13. The molecule has 0 radical (unpaired) electrons. The van der Waals surface area contributed by atoms with Crippen molar-refractivity contribution in [2.45, 2.75) is 117 Å². The van der Waals surface area contributed by atoms with Crippen LogP contribution in [0.15, 0.2) is 78.9 Å². The van der Waals surface area contributed by atoms with Crippen LogP contribution >= 0.6 is 0 Å². The Balaban J connectivity index is 0.000000322. The van der Waals surface area contributed by atoms with Gasteiger partial charge in [0.05, 0.1) is 0 Å². The molecule has 2 nitrogen and oxygen atoms in total. The zero-order valence-electron chi connectivity index (χ0n) is 26.0. The topological polar surface area (TPSA) is 26.3 Å². The summed E-state index contributed by atoms with van der Waals surface area (Å²) in [5.41, 5.74) is 9.96. The molecule has 0 spiro atoms. The highest BCUT2D eigenvalue weighted by Gasteiger charge is 2.22. The SMILES string of the molecule is C=C(C)C(=O)Oc1ccccc1.CCCCCCCCc1ccc2c(c1CCCCCCCC)Cc1ccccc1-2. The summed E-state index contributed by atoms with van der Waals surface area (Å²) in [6.07, 6.45) is 20.4. The summed E-state index contributed by atoms with van der Waals surface area (Å²) in [5.74, 6) is 0.159. The molecular formula is C39H52O2. The largest absolute Gasteiger partial charge is 0.423 e. The van der Waals surface area contributed by atoms with E-state index in [4.69, 9.17) is 4.74 Å². The van der Waals surface area contributed by atoms with Crippen molar-refractivity contribution in [2.75, 3.05) is 0 Å². The van der Waals surface area contributed by atoms with Gasteiger partial charge in [-0.3, -0.25) is 0 Å². The molecule has 0 saturated heterocycles. The fourth-order valence-electron chi connectivity index (χ4n) is 5.73. The van der Waals surface area contributed by atoms with Gasteiger partial charge in [-0.1, -0.05) is 139 Å². The number of para-hydroxylation sites is 1. The first-order valence-electron chi connectivity index (χ1n) is 16.2. The summed E-state index contributed by atoms with van der Waals surface area (Å²) in [7, 11) is 0. The molecule has 0 heterocycles. The number of rotatable bonds is 16. The summed E-state index contributed by atoms with van der Waals surface area (Å²) in [6.45, 7) is 9.70. The van der Waals surface area contributed by atoms with Gasteiger partial charge < -0.3 is 4.74 Å². The summed E-state index contributed by atoms with van der Waals surface area (Å²) in [4.78, 5) is 11.0. The number of hydrogen-bond acceptors (Lipinski definition) is 2. The second-order valence-corrected chi connectivity index (χ2v) is 11.6. The number of esters is 1. The lowest BCUT2D eigenvalue weighted by molar-refractivity contribution is -0.130. The monoisotopic (exact) mass is 552 g/mol. The minimum atomic E-state index is -0.388. The second kappa shape index (κ2) is 18.3. The Bertz CT molecular complexity index is 1210. The average Bonchev–Trinajstić information content (AvgIpc) is 3.37. The molecule has 0 aliphatic heterocycles. The molecule has 0 amide bonds. The van der Waals surface area contributed by atoms with E-state index in [1.165, 1.54) is 107 Å². The van der Waals surface area contributed by atoms with Gasteiger partial charge in [0.15, 0.2) is 0 Å². The molecule has 2 heteroatoms. The highest BCUT2D eigenvalue weighted by Crippen LogP contribution is 2.40. The van der Waals surface area contributed by atoms with Crippen LogP contribution in [-0.2, 0) is 24.1 Å². The van der Waals surface area contributed by atoms with Gasteiger partial charge in [0, 0.05) is 5.57 Å². The van der Waals surface area contributed by atoms with Crippen LogP contribution < -0.4 is 4.74 Å². The lowest BCUT2D eigenvalue weighted by Gasteiger charge is -2.15. The number of benzene rings is 3. The molecule has 0 bridgehead atoms. The Labute approximate surface area is 250 Å². The lowest BCUT2D eigenvalue weighted by Crippen LogP contribution is -2.07. The lowest BCUT2D eigenvalue weighted by atomic mass is 9.89. The predicted molar refractivity (Wildman–Crippen MR) is 176 cm³/mol. The molecular weight excluding hydrogens is 500 g/mol. The smallest absolute Gasteiger partial charge is 0.338 e. The van der Waals surface area contributed by atoms with E-state index in [9.17, 15) is 4.79 Å². The van der Waals surface area contributed by atoms with Crippen LogP contribution in [0.1, 0.15) is 120 Å². The third-order valence-corrected chi connectivity index (χ3v) is 8.09. The molecule has 0 atom stereocenters. The Morgan fingerprint density at radius 1 is 0.683 bits per heavy atom. The van der Waals surface area contributed by atoms with E-state index in [1.54, 1.807) is 47.9 Å². The maximum atomic E-state index is 11.0. The third kappa shape index (κ3) is 10.7. The zero-order chi connectivity index (χ0) is 29.3. The van der Waals surface area contributed by atoms with Crippen LogP contribution in [0.2, 0.25) is 0 Å². The van der Waals surface area contributed by atoms with Crippen molar-refractivity contribution in [1.82, 2.24) is 0 Å². The van der Waals surface area contributed by atoms with Crippen molar-refractivity contribution in [3.63, 3.8) is 0 Å². The predicted octanol–water partition coefficient (Wildman–Crippen LogP) is 11.2. The van der Waals surface area contributed by atoms with Gasteiger partial charge in [0.2, 0.25) is 0 Å². The van der Waals surface area contributed by atoms with Gasteiger partial charge in [-0.2, -0.15) is 0 Å². The molecule has 41 heavy (non-hydrogen) atoms. The van der Waals surface area contributed by atoms with Gasteiger partial charge in [-0.25, -0.2) is 4.79 Å². The number of hydrogen-bond donors (Lipinski definition) is 0. The van der Waals surface area contributed by atoms with Gasteiger partial charge in [0.25, 0.3) is 0 Å². The van der Waals surface area contributed by atoms with Gasteiger partial charge in [0.1, 0.15) is 5.75 Å². The molecule has 4 rings (SSSR count). The molecule has 1 aliphatic carbocycles. The van der Waals surface area contributed by atoms with Gasteiger partial charge >= 0.3 is 5.97 Å². The van der Waals surface area contributed by atoms with Crippen LogP contribution in [0.4, 0.5) is 0 Å². The third-order valence-electron chi connectivity index (χ3n) is 8.09. The van der Waals surface area contributed by atoms with E-state index in [-0.39, 0.29) is 5.97 Å². The van der Waals surface area contributed by atoms with E-state index in [1.807, 2.05) is 6.07 Å². The fourth-order valence-corrected chi connectivity index (χ4v) is 5.73. The average molecular weight is 553 g/mol. The summed E-state index contributed by atoms with van der Waals surface area (Å²) in [5, 5.41) is 0. The molecule has 0 fully saturated rings. The van der Waals surface area contributed by atoms with E-state index < -0.39 is 0 Å².